The van der Waals surface area contributed by atoms with Crippen molar-refractivity contribution in [1.82, 2.24) is 4.98 Å². The number of aromatic nitrogens is 1. The first-order chi connectivity index (χ1) is 7.15. The number of carbonyl (C=O) groups is 1. The van der Waals surface area contributed by atoms with Crippen LogP contribution in [0.3, 0.4) is 0 Å². The van der Waals surface area contributed by atoms with Crippen molar-refractivity contribution >= 4 is 21.9 Å². The Balaban J connectivity index is 2.57. The molecule has 1 heterocycles. The predicted molar refractivity (Wildman–Crippen MR) is 60.1 cm³/mol. The van der Waals surface area contributed by atoms with Gasteiger partial charge in [0.2, 0.25) is 0 Å². The van der Waals surface area contributed by atoms with E-state index in [0.717, 1.165) is 10.2 Å². The van der Waals surface area contributed by atoms with Gasteiger partial charge >= 0.3 is 5.97 Å². The van der Waals surface area contributed by atoms with Gasteiger partial charge in [0.15, 0.2) is 0 Å². The minimum atomic E-state index is -0.245. The van der Waals surface area contributed by atoms with E-state index in [0.29, 0.717) is 12.8 Å². The van der Waals surface area contributed by atoms with E-state index in [1.807, 2.05) is 12.1 Å². The molecule has 0 radical (unpaired) electrons. The SMILES string of the molecule is COC(=O)CCC(N)c1cccnc1Br. The summed E-state index contributed by atoms with van der Waals surface area (Å²) in [7, 11) is 1.37. The van der Waals surface area contributed by atoms with E-state index in [2.05, 4.69) is 25.7 Å². The van der Waals surface area contributed by atoms with Crippen LogP contribution in [0.25, 0.3) is 0 Å². The van der Waals surface area contributed by atoms with Crippen LogP contribution in [-0.2, 0) is 9.53 Å². The number of carbonyl (C=O) groups excluding carboxylic acids is 1. The van der Waals surface area contributed by atoms with Crippen molar-refractivity contribution in [2.75, 3.05) is 7.11 Å². The summed E-state index contributed by atoms with van der Waals surface area (Å²) in [5, 5.41) is 0. The van der Waals surface area contributed by atoms with E-state index in [1.165, 1.54) is 7.11 Å². The second-order valence-corrected chi connectivity index (χ2v) is 3.86. The number of nitrogens with two attached hydrogens (primary N) is 1. The van der Waals surface area contributed by atoms with Gasteiger partial charge in [-0.05, 0) is 28.4 Å². The van der Waals surface area contributed by atoms with Crippen molar-refractivity contribution in [2.24, 2.45) is 5.73 Å². The predicted octanol–water partition coefficient (Wildman–Crippen LogP) is 1.80. The smallest absolute Gasteiger partial charge is 0.305 e. The summed E-state index contributed by atoms with van der Waals surface area (Å²) in [6, 6.07) is 3.50. The zero-order chi connectivity index (χ0) is 11.3. The van der Waals surface area contributed by atoms with Crippen LogP contribution in [-0.4, -0.2) is 18.1 Å². The standard InChI is InChI=1S/C10H13BrN2O2/c1-15-9(14)5-4-8(12)7-3-2-6-13-10(7)11/h2-3,6,8H,4-5,12H2,1H3. The highest BCUT2D eigenvalue weighted by Gasteiger charge is 2.12. The maximum Gasteiger partial charge on any atom is 0.305 e. The fourth-order valence-electron chi connectivity index (χ4n) is 1.21. The summed E-state index contributed by atoms with van der Waals surface area (Å²) in [6.45, 7) is 0. The molecule has 1 aromatic rings. The molecule has 1 atom stereocenters. The number of ether oxygens (including phenoxy) is 1. The summed E-state index contributed by atoms with van der Waals surface area (Å²) in [5.41, 5.74) is 6.83. The van der Waals surface area contributed by atoms with E-state index in [4.69, 9.17) is 5.73 Å². The van der Waals surface area contributed by atoms with Crippen LogP contribution in [0.1, 0.15) is 24.4 Å². The van der Waals surface area contributed by atoms with E-state index in [9.17, 15) is 4.79 Å². The van der Waals surface area contributed by atoms with Gasteiger partial charge in [-0.1, -0.05) is 6.07 Å². The van der Waals surface area contributed by atoms with Gasteiger partial charge in [0.05, 0.1) is 7.11 Å². The average molecular weight is 273 g/mol. The highest BCUT2D eigenvalue weighted by molar-refractivity contribution is 9.10. The minimum absolute atomic E-state index is 0.202. The summed E-state index contributed by atoms with van der Waals surface area (Å²) in [6.07, 6.45) is 2.55. The van der Waals surface area contributed by atoms with E-state index < -0.39 is 0 Å². The van der Waals surface area contributed by atoms with Gasteiger partial charge < -0.3 is 10.5 Å². The van der Waals surface area contributed by atoms with Gasteiger partial charge in [0.25, 0.3) is 0 Å². The maximum absolute atomic E-state index is 10.9. The summed E-state index contributed by atoms with van der Waals surface area (Å²) in [4.78, 5) is 15.0. The molecule has 0 aliphatic heterocycles. The zero-order valence-electron chi connectivity index (χ0n) is 8.44. The molecule has 82 valence electrons. The lowest BCUT2D eigenvalue weighted by molar-refractivity contribution is -0.140. The number of esters is 1. The van der Waals surface area contributed by atoms with Crippen molar-refractivity contribution in [3.63, 3.8) is 0 Å². The maximum atomic E-state index is 10.9. The van der Waals surface area contributed by atoms with Crippen LogP contribution >= 0.6 is 15.9 Å². The molecule has 15 heavy (non-hydrogen) atoms. The third kappa shape index (κ3) is 3.60. The molecule has 2 N–H and O–H groups in total. The molecule has 0 saturated heterocycles. The number of hydrogen-bond donors (Lipinski definition) is 1. The van der Waals surface area contributed by atoms with Crippen molar-refractivity contribution in [1.29, 1.82) is 0 Å². The fourth-order valence-corrected chi connectivity index (χ4v) is 1.75. The largest absolute Gasteiger partial charge is 0.469 e. The molecule has 0 aliphatic rings. The van der Waals surface area contributed by atoms with Crippen LogP contribution < -0.4 is 5.73 Å². The van der Waals surface area contributed by atoms with Gasteiger partial charge in [0.1, 0.15) is 4.60 Å². The quantitative estimate of drug-likeness (QED) is 0.671. The number of hydrogen-bond acceptors (Lipinski definition) is 4. The Bertz CT molecular complexity index is 344. The number of rotatable bonds is 4. The third-order valence-corrected chi connectivity index (χ3v) is 2.74. The molecule has 4 nitrogen and oxygen atoms in total. The molecular formula is C10H13BrN2O2. The Morgan fingerprint density at radius 3 is 3.07 bits per heavy atom. The highest BCUT2D eigenvalue weighted by atomic mass is 79.9. The first-order valence-electron chi connectivity index (χ1n) is 4.58. The molecular weight excluding hydrogens is 260 g/mol. The highest BCUT2D eigenvalue weighted by Crippen LogP contribution is 2.22. The molecule has 0 aromatic carbocycles. The van der Waals surface area contributed by atoms with Gasteiger partial charge in [-0.3, -0.25) is 4.79 Å². The second-order valence-electron chi connectivity index (χ2n) is 3.10. The van der Waals surface area contributed by atoms with Crippen molar-refractivity contribution in [3.8, 4) is 0 Å². The first-order valence-corrected chi connectivity index (χ1v) is 5.37. The van der Waals surface area contributed by atoms with Crippen LogP contribution in [0.4, 0.5) is 0 Å². The van der Waals surface area contributed by atoms with Crippen LogP contribution in [0.2, 0.25) is 0 Å². The normalized spacial score (nSPS) is 12.2. The molecule has 5 heteroatoms. The van der Waals surface area contributed by atoms with E-state index in [-0.39, 0.29) is 12.0 Å². The Labute approximate surface area is 97.0 Å². The number of halogens is 1. The Morgan fingerprint density at radius 1 is 1.73 bits per heavy atom. The molecule has 1 rings (SSSR count). The van der Waals surface area contributed by atoms with Crippen molar-refractivity contribution in [3.05, 3.63) is 28.5 Å². The zero-order valence-corrected chi connectivity index (χ0v) is 10.0. The van der Waals surface area contributed by atoms with Crippen LogP contribution in [0.15, 0.2) is 22.9 Å². The minimum Gasteiger partial charge on any atom is -0.469 e. The lowest BCUT2D eigenvalue weighted by Gasteiger charge is -2.11. The fraction of sp³-hybridized carbons (Fsp3) is 0.400. The molecule has 0 saturated carbocycles. The molecule has 0 fully saturated rings. The summed E-state index contributed by atoms with van der Waals surface area (Å²) >= 11 is 3.31. The lowest BCUT2D eigenvalue weighted by atomic mass is 10.1. The average Bonchev–Trinajstić information content (AvgIpc) is 2.26. The Kier molecular flexibility index (Phi) is 4.71. The van der Waals surface area contributed by atoms with Gasteiger partial charge in [-0.15, -0.1) is 0 Å². The number of pyridine rings is 1. The Morgan fingerprint density at radius 2 is 2.47 bits per heavy atom. The first kappa shape index (κ1) is 12.1. The molecule has 0 bridgehead atoms. The Hall–Kier alpha value is -0.940. The number of nitrogens with zero attached hydrogens (tertiary/aromatic N) is 1. The topological polar surface area (TPSA) is 65.2 Å². The van der Waals surface area contributed by atoms with Gasteiger partial charge in [-0.2, -0.15) is 0 Å². The van der Waals surface area contributed by atoms with E-state index in [1.54, 1.807) is 6.20 Å². The molecule has 0 aliphatic carbocycles. The van der Waals surface area contributed by atoms with Crippen LogP contribution in [0.5, 0.6) is 0 Å². The molecule has 1 aromatic heterocycles. The van der Waals surface area contributed by atoms with Crippen molar-refractivity contribution in [2.45, 2.75) is 18.9 Å². The molecule has 0 spiro atoms. The summed E-state index contributed by atoms with van der Waals surface area (Å²) < 4.78 is 5.27. The van der Waals surface area contributed by atoms with Gasteiger partial charge in [0, 0.05) is 24.2 Å². The van der Waals surface area contributed by atoms with Gasteiger partial charge in [-0.25, -0.2) is 4.98 Å². The second kappa shape index (κ2) is 5.82. The monoisotopic (exact) mass is 272 g/mol. The third-order valence-electron chi connectivity index (χ3n) is 2.07. The van der Waals surface area contributed by atoms with E-state index >= 15 is 0 Å². The molecule has 1 unspecified atom stereocenters. The van der Waals surface area contributed by atoms with Crippen molar-refractivity contribution < 1.29 is 9.53 Å². The summed E-state index contributed by atoms with van der Waals surface area (Å²) in [5.74, 6) is -0.245. The number of methoxy groups -OCH3 is 1. The van der Waals surface area contributed by atoms with Crippen LogP contribution in [0, 0.1) is 0 Å². The lowest BCUT2D eigenvalue weighted by Crippen LogP contribution is -2.13. The molecule has 0 amide bonds.